The summed E-state index contributed by atoms with van der Waals surface area (Å²) in [7, 11) is 0. The molecule has 3 aliphatic heterocycles. The van der Waals surface area contributed by atoms with Gasteiger partial charge in [-0.1, -0.05) is 12.8 Å². The lowest BCUT2D eigenvalue weighted by atomic mass is 9.71. The van der Waals surface area contributed by atoms with Gasteiger partial charge in [0.25, 0.3) is 0 Å². The Labute approximate surface area is 194 Å². The lowest BCUT2D eigenvalue weighted by Crippen LogP contribution is -2.49. The third-order valence-corrected chi connectivity index (χ3v) is 8.47. The fourth-order valence-corrected chi connectivity index (χ4v) is 6.67. The second-order valence-electron chi connectivity index (χ2n) is 11.0. The van der Waals surface area contributed by atoms with E-state index in [1.165, 1.54) is 51.6 Å². The van der Waals surface area contributed by atoms with Gasteiger partial charge >= 0.3 is 6.09 Å². The van der Waals surface area contributed by atoms with Gasteiger partial charge in [0.05, 0.1) is 12.2 Å². The number of Topliss-reactive ketones (excluding diaryl/α,β-unsaturated/α-hetero) is 1. The number of fused-ring (bicyclic) bond motifs is 1. The maximum Gasteiger partial charge on any atom is 0.410 e. The van der Waals surface area contributed by atoms with Crippen molar-refractivity contribution in [3.63, 3.8) is 0 Å². The Morgan fingerprint density at radius 1 is 1.00 bits per heavy atom. The number of carbonyl (C=O) groups is 2. The molecule has 0 bridgehead atoms. The molecular weight excluding hydrogens is 404 g/mol. The van der Waals surface area contributed by atoms with Gasteiger partial charge < -0.3 is 19.3 Å². The highest BCUT2D eigenvalue weighted by atomic mass is 16.6. The van der Waals surface area contributed by atoms with E-state index in [0.29, 0.717) is 42.8 Å². The van der Waals surface area contributed by atoms with Crippen LogP contribution < -0.4 is 0 Å². The number of rotatable bonds is 4. The predicted octanol–water partition coefficient (Wildman–Crippen LogP) is 4.65. The van der Waals surface area contributed by atoms with Crippen LogP contribution in [0.3, 0.4) is 0 Å². The summed E-state index contributed by atoms with van der Waals surface area (Å²) in [5.74, 6) is 2.42. The molecule has 6 nitrogen and oxygen atoms in total. The van der Waals surface area contributed by atoms with Crippen molar-refractivity contribution >= 4 is 11.9 Å². The first kappa shape index (κ1) is 24.0. The van der Waals surface area contributed by atoms with E-state index in [-0.39, 0.29) is 12.2 Å². The van der Waals surface area contributed by atoms with Gasteiger partial charge in [-0.15, -0.1) is 0 Å². The summed E-state index contributed by atoms with van der Waals surface area (Å²) in [6, 6.07) is 0.606. The van der Waals surface area contributed by atoms with Crippen LogP contribution in [0.4, 0.5) is 4.79 Å². The van der Waals surface area contributed by atoms with Gasteiger partial charge in [0.15, 0.2) is 5.78 Å². The van der Waals surface area contributed by atoms with Crippen LogP contribution >= 0.6 is 0 Å². The average molecular weight is 449 g/mol. The molecule has 1 saturated carbocycles. The predicted molar refractivity (Wildman–Crippen MR) is 125 cm³/mol. The minimum absolute atomic E-state index is 0.0503. The van der Waals surface area contributed by atoms with Crippen LogP contribution in [-0.4, -0.2) is 72.7 Å². The number of ketones is 1. The fraction of sp³-hybridized carbons (Fsp3) is 0.923. The zero-order chi connectivity index (χ0) is 22.5. The number of piperidine rings is 2. The highest BCUT2D eigenvalue weighted by Crippen LogP contribution is 2.40. The van der Waals surface area contributed by atoms with Crippen molar-refractivity contribution in [1.82, 2.24) is 9.80 Å². The zero-order valence-electron chi connectivity index (χ0n) is 20.3. The summed E-state index contributed by atoms with van der Waals surface area (Å²) in [6.07, 6.45) is 12.9. The van der Waals surface area contributed by atoms with Crippen LogP contribution in [0.25, 0.3) is 0 Å². The van der Waals surface area contributed by atoms with Gasteiger partial charge in [-0.05, 0) is 96.1 Å². The molecule has 3 atom stereocenters. The number of amides is 1. The van der Waals surface area contributed by atoms with E-state index in [1.54, 1.807) is 0 Å². The van der Waals surface area contributed by atoms with Crippen LogP contribution in [-0.2, 0) is 14.3 Å². The number of nitrogens with zero attached hydrogens (tertiary/aromatic N) is 2. The Kier molecular flexibility index (Phi) is 8.49. The normalized spacial score (nSPS) is 31.8. The minimum Gasteiger partial charge on any atom is -0.447 e. The molecule has 0 aromatic carbocycles. The number of carbonyl (C=O) groups excluding carboxylic acids is 2. The summed E-state index contributed by atoms with van der Waals surface area (Å²) in [5, 5.41) is 0. The molecule has 0 spiro atoms. The molecule has 32 heavy (non-hydrogen) atoms. The van der Waals surface area contributed by atoms with E-state index in [2.05, 4.69) is 4.90 Å². The van der Waals surface area contributed by atoms with Crippen molar-refractivity contribution in [2.24, 2.45) is 17.8 Å². The Morgan fingerprint density at radius 2 is 1.72 bits per heavy atom. The van der Waals surface area contributed by atoms with E-state index in [4.69, 9.17) is 9.47 Å². The average Bonchev–Trinajstić information content (AvgIpc) is 2.80. The van der Waals surface area contributed by atoms with Gasteiger partial charge in [-0.25, -0.2) is 4.79 Å². The molecule has 0 radical (unpaired) electrons. The summed E-state index contributed by atoms with van der Waals surface area (Å²) in [5.41, 5.74) is 0. The van der Waals surface area contributed by atoms with Gasteiger partial charge in [-0.2, -0.15) is 0 Å². The monoisotopic (exact) mass is 448 g/mol. The van der Waals surface area contributed by atoms with E-state index < -0.39 is 0 Å². The second-order valence-corrected chi connectivity index (χ2v) is 11.0. The topological polar surface area (TPSA) is 59.1 Å². The van der Waals surface area contributed by atoms with E-state index in [0.717, 1.165) is 44.7 Å². The summed E-state index contributed by atoms with van der Waals surface area (Å²) >= 11 is 0. The van der Waals surface area contributed by atoms with Crippen molar-refractivity contribution in [1.29, 1.82) is 0 Å². The molecule has 0 N–H and O–H groups in total. The molecule has 4 fully saturated rings. The minimum atomic E-state index is -0.153. The molecule has 1 aliphatic carbocycles. The van der Waals surface area contributed by atoms with E-state index in [9.17, 15) is 9.59 Å². The van der Waals surface area contributed by atoms with Gasteiger partial charge in [0.2, 0.25) is 0 Å². The van der Waals surface area contributed by atoms with E-state index in [1.807, 2.05) is 18.7 Å². The maximum atomic E-state index is 12.2. The molecule has 4 rings (SSSR count). The Balaban J connectivity index is 1.23. The van der Waals surface area contributed by atoms with Crippen LogP contribution in [0.2, 0.25) is 0 Å². The molecule has 3 saturated heterocycles. The first-order chi connectivity index (χ1) is 15.5. The molecule has 0 aromatic heterocycles. The Hall–Kier alpha value is -1.14. The highest BCUT2D eigenvalue weighted by Gasteiger charge is 2.37. The van der Waals surface area contributed by atoms with Crippen LogP contribution in [0.15, 0.2) is 0 Å². The Morgan fingerprint density at radius 3 is 2.44 bits per heavy atom. The van der Waals surface area contributed by atoms with Crippen molar-refractivity contribution < 1.29 is 19.1 Å². The summed E-state index contributed by atoms with van der Waals surface area (Å²) in [4.78, 5) is 28.8. The molecule has 0 aromatic rings. The largest absolute Gasteiger partial charge is 0.447 e. The van der Waals surface area contributed by atoms with Gasteiger partial charge in [-0.3, -0.25) is 4.79 Å². The molecule has 6 heteroatoms. The first-order valence-corrected chi connectivity index (χ1v) is 13.3. The molecule has 4 aliphatic rings. The second kappa shape index (κ2) is 11.3. The van der Waals surface area contributed by atoms with Crippen molar-refractivity contribution in [3.8, 4) is 0 Å². The van der Waals surface area contributed by atoms with Crippen LogP contribution in [0.1, 0.15) is 84.5 Å². The number of hydrogen-bond acceptors (Lipinski definition) is 5. The van der Waals surface area contributed by atoms with Crippen molar-refractivity contribution in [2.75, 3.05) is 32.8 Å². The lowest BCUT2D eigenvalue weighted by molar-refractivity contribution is -0.132. The van der Waals surface area contributed by atoms with Gasteiger partial charge in [0, 0.05) is 25.6 Å². The zero-order valence-corrected chi connectivity index (χ0v) is 20.3. The van der Waals surface area contributed by atoms with E-state index >= 15 is 0 Å². The van der Waals surface area contributed by atoms with Crippen molar-refractivity contribution in [2.45, 2.75) is 103 Å². The SMILES string of the molecule is CC(C)OC(=O)N1CCC(N2CCC(CC3CCC(=O)CO[C@H]4CCCC[C@H]34)CC2)CC1. The quantitative estimate of drug-likeness (QED) is 0.626. The highest BCUT2D eigenvalue weighted by molar-refractivity contribution is 5.79. The summed E-state index contributed by atoms with van der Waals surface area (Å²) < 4.78 is 11.4. The number of likely N-dealkylation sites (tertiary alicyclic amines) is 2. The number of ether oxygens (including phenoxy) is 2. The molecule has 1 unspecified atom stereocenters. The van der Waals surface area contributed by atoms with Crippen LogP contribution in [0, 0.1) is 17.8 Å². The third kappa shape index (κ3) is 6.25. The first-order valence-electron chi connectivity index (χ1n) is 13.3. The standard InChI is InChI=1S/C26H44N2O4/c1-19(2)32-26(30)28-15-11-22(12-16-28)27-13-9-20(10-14-27)17-21-7-8-23(29)18-31-25-6-4-3-5-24(21)25/h19-22,24-25H,3-18H2,1-2H3/t21?,24-,25+/m1/s1. The summed E-state index contributed by atoms with van der Waals surface area (Å²) in [6.45, 7) is 8.16. The molecular formula is C26H44N2O4. The smallest absolute Gasteiger partial charge is 0.410 e. The van der Waals surface area contributed by atoms with Crippen molar-refractivity contribution in [3.05, 3.63) is 0 Å². The fourth-order valence-electron chi connectivity index (χ4n) is 6.67. The van der Waals surface area contributed by atoms with Crippen LogP contribution in [0.5, 0.6) is 0 Å². The third-order valence-electron chi connectivity index (χ3n) is 8.47. The Bertz CT molecular complexity index is 623. The molecule has 182 valence electrons. The molecule has 3 heterocycles. The lowest BCUT2D eigenvalue weighted by Gasteiger charge is -2.43. The van der Waals surface area contributed by atoms with Gasteiger partial charge in [0.1, 0.15) is 6.61 Å². The number of hydrogen-bond donors (Lipinski definition) is 0. The maximum absolute atomic E-state index is 12.2. The molecule has 1 amide bonds.